The first-order valence-corrected chi connectivity index (χ1v) is 11.8. The number of nitrogens with one attached hydrogen (secondary N) is 1. The van der Waals surface area contributed by atoms with Crippen LogP contribution in [0.2, 0.25) is 5.02 Å². The third kappa shape index (κ3) is 5.85. The van der Waals surface area contributed by atoms with Gasteiger partial charge in [-0.05, 0) is 48.9 Å². The molecule has 33 heavy (non-hydrogen) atoms. The van der Waals surface area contributed by atoms with Crippen LogP contribution in [0.1, 0.15) is 38.2 Å². The molecule has 1 aliphatic carbocycles. The van der Waals surface area contributed by atoms with Crippen LogP contribution in [0, 0.1) is 0 Å². The van der Waals surface area contributed by atoms with Crippen LogP contribution in [-0.4, -0.2) is 35.4 Å². The van der Waals surface area contributed by atoms with Crippen molar-refractivity contribution in [2.75, 3.05) is 6.61 Å². The Labute approximate surface area is 199 Å². The normalized spacial score (nSPS) is 14.7. The van der Waals surface area contributed by atoms with E-state index in [0.717, 1.165) is 42.0 Å². The molecule has 3 aromatic carbocycles. The van der Waals surface area contributed by atoms with E-state index in [1.165, 1.54) is 0 Å². The zero-order chi connectivity index (χ0) is 23.2. The second-order valence-electron chi connectivity index (χ2n) is 8.58. The van der Waals surface area contributed by atoms with Crippen molar-refractivity contribution in [3.8, 4) is 5.75 Å². The number of carbonyl (C=O) groups is 2. The molecule has 0 radical (unpaired) electrons. The van der Waals surface area contributed by atoms with Crippen LogP contribution in [-0.2, 0) is 16.1 Å². The van der Waals surface area contributed by atoms with E-state index >= 15 is 0 Å². The van der Waals surface area contributed by atoms with Crippen molar-refractivity contribution in [2.24, 2.45) is 0 Å². The number of amides is 2. The molecule has 0 spiro atoms. The Kier molecular flexibility index (Phi) is 7.50. The molecule has 1 aliphatic rings. The van der Waals surface area contributed by atoms with Gasteiger partial charge in [-0.25, -0.2) is 0 Å². The van der Waals surface area contributed by atoms with Crippen LogP contribution in [0.5, 0.6) is 5.75 Å². The summed E-state index contributed by atoms with van der Waals surface area (Å²) in [5.74, 6) is 0.275. The van der Waals surface area contributed by atoms with Crippen molar-refractivity contribution < 1.29 is 14.3 Å². The van der Waals surface area contributed by atoms with Crippen molar-refractivity contribution in [1.82, 2.24) is 10.2 Å². The predicted molar refractivity (Wildman–Crippen MR) is 131 cm³/mol. The second kappa shape index (κ2) is 10.7. The predicted octanol–water partition coefficient (Wildman–Crippen LogP) is 5.35. The largest absolute Gasteiger partial charge is 0.483 e. The third-order valence-electron chi connectivity index (χ3n) is 6.24. The lowest BCUT2D eigenvalue weighted by molar-refractivity contribution is -0.142. The van der Waals surface area contributed by atoms with Gasteiger partial charge in [0.15, 0.2) is 6.61 Å². The molecule has 0 aliphatic heterocycles. The first kappa shape index (κ1) is 23.1. The molecule has 4 rings (SSSR count). The van der Waals surface area contributed by atoms with E-state index in [1.807, 2.05) is 54.6 Å². The van der Waals surface area contributed by atoms with Gasteiger partial charge in [-0.3, -0.25) is 9.59 Å². The van der Waals surface area contributed by atoms with E-state index in [9.17, 15) is 9.59 Å². The molecule has 1 atom stereocenters. The smallest absolute Gasteiger partial charge is 0.261 e. The summed E-state index contributed by atoms with van der Waals surface area (Å²) in [6, 6.07) is 20.5. The molecule has 1 N–H and O–H groups in total. The highest BCUT2D eigenvalue weighted by molar-refractivity contribution is 6.30. The summed E-state index contributed by atoms with van der Waals surface area (Å²) in [5, 5.41) is 5.73. The Bertz CT molecular complexity index is 1100. The van der Waals surface area contributed by atoms with Gasteiger partial charge in [0.1, 0.15) is 11.8 Å². The van der Waals surface area contributed by atoms with Gasteiger partial charge >= 0.3 is 0 Å². The molecule has 1 saturated carbocycles. The van der Waals surface area contributed by atoms with Crippen LogP contribution < -0.4 is 10.1 Å². The minimum Gasteiger partial charge on any atom is -0.483 e. The fourth-order valence-corrected chi connectivity index (χ4v) is 4.43. The minimum atomic E-state index is -0.620. The van der Waals surface area contributed by atoms with E-state index in [1.54, 1.807) is 24.0 Å². The van der Waals surface area contributed by atoms with Gasteiger partial charge < -0.3 is 15.0 Å². The molecule has 172 valence electrons. The van der Waals surface area contributed by atoms with Gasteiger partial charge in [-0.1, -0.05) is 73.0 Å². The number of benzene rings is 3. The fraction of sp³-hybridized carbons (Fsp3) is 0.333. The zero-order valence-electron chi connectivity index (χ0n) is 18.8. The summed E-state index contributed by atoms with van der Waals surface area (Å²) in [4.78, 5) is 27.9. The maximum Gasteiger partial charge on any atom is 0.261 e. The van der Waals surface area contributed by atoms with Gasteiger partial charge in [-0.2, -0.15) is 0 Å². The molecule has 5 nitrogen and oxygen atoms in total. The molecule has 0 unspecified atom stereocenters. The zero-order valence-corrected chi connectivity index (χ0v) is 19.6. The van der Waals surface area contributed by atoms with E-state index in [2.05, 4.69) is 5.32 Å². The summed E-state index contributed by atoms with van der Waals surface area (Å²) >= 11 is 6.02. The van der Waals surface area contributed by atoms with E-state index < -0.39 is 6.04 Å². The highest BCUT2D eigenvalue weighted by atomic mass is 35.5. The number of ether oxygens (including phenoxy) is 1. The summed E-state index contributed by atoms with van der Waals surface area (Å²) in [5.41, 5.74) is 0.901. The number of halogens is 1. The van der Waals surface area contributed by atoms with Gasteiger partial charge in [0.25, 0.3) is 5.91 Å². The van der Waals surface area contributed by atoms with E-state index in [0.29, 0.717) is 17.3 Å². The molecular weight excluding hydrogens is 436 g/mol. The Morgan fingerprint density at radius 2 is 1.73 bits per heavy atom. The molecule has 0 heterocycles. The van der Waals surface area contributed by atoms with Crippen molar-refractivity contribution in [3.05, 3.63) is 77.3 Å². The average Bonchev–Trinajstić information content (AvgIpc) is 3.34. The summed E-state index contributed by atoms with van der Waals surface area (Å²) < 4.78 is 5.94. The summed E-state index contributed by atoms with van der Waals surface area (Å²) in [6.45, 7) is 1.92. The third-order valence-corrected chi connectivity index (χ3v) is 6.49. The number of rotatable bonds is 8. The SMILES string of the molecule is C[C@@H](C(=O)NC1CCCC1)N(Cc1ccc(Cl)cc1)C(=O)COc1cccc2ccccc12. The lowest BCUT2D eigenvalue weighted by atomic mass is 10.1. The Morgan fingerprint density at radius 3 is 2.48 bits per heavy atom. The van der Waals surface area contributed by atoms with Crippen LogP contribution >= 0.6 is 11.6 Å². The Hall–Kier alpha value is -3.05. The summed E-state index contributed by atoms with van der Waals surface area (Å²) in [6.07, 6.45) is 4.25. The fourth-order valence-electron chi connectivity index (χ4n) is 4.31. The lowest BCUT2D eigenvalue weighted by Gasteiger charge is -2.29. The average molecular weight is 465 g/mol. The Morgan fingerprint density at radius 1 is 1.03 bits per heavy atom. The van der Waals surface area contributed by atoms with Crippen molar-refractivity contribution in [1.29, 1.82) is 0 Å². The standard InChI is InChI=1S/C27H29ClN2O3/c1-19(27(32)29-23-9-3-4-10-23)30(17-20-13-15-22(28)16-14-20)26(31)18-33-25-12-6-8-21-7-2-5-11-24(21)25/h2,5-8,11-16,19,23H,3-4,9-10,17-18H2,1H3,(H,29,32)/t19-/m0/s1. The highest BCUT2D eigenvalue weighted by Crippen LogP contribution is 2.25. The molecule has 2 amide bonds. The molecular formula is C27H29ClN2O3. The molecule has 6 heteroatoms. The quantitative estimate of drug-likeness (QED) is 0.489. The van der Waals surface area contributed by atoms with Gasteiger partial charge in [0.05, 0.1) is 0 Å². The van der Waals surface area contributed by atoms with E-state index in [-0.39, 0.29) is 24.5 Å². The monoisotopic (exact) mass is 464 g/mol. The van der Waals surface area contributed by atoms with Crippen molar-refractivity contribution in [3.63, 3.8) is 0 Å². The van der Waals surface area contributed by atoms with Crippen LogP contribution in [0.25, 0.3) is 10.8 Å². The number of nitrogens with zero attached hydrogens (tertiary/aromatic N) is 1. The molecule has 1 fully saturated rings. The van der Waals surface area contributed by atoms with Gasteiger partial charge in [0.2, 0.25) is 5.91 Å². The maximum atomic E-state index is 13.3. The molecule has 0 bridgehead atoms. The summed E-state index contributed by atoms with van der Waals surface area (Å²) in [7, 11) is 0. The first-order chi connectivity index (χ1) is 16.0. The van der Waals surface area contributed by atoms with Gasteiger partial charge in [0, 0.05) is 23.0 Å². The molecule has 0 aromatic heterocycles. The second-order valence-corrected chi connectivity index (χ2v) is 9.02. The molecule has 3 aromatic rings. The van der Waals surface area contributed by atoms with Crippen LogP contribution in [0.15, 0.2) is 66.7 Å². The lowest BCUT2D eigenvalue weighted by Crippen LogP contribution is -2.50. The number of fused-ring (bicyclic) bond motifs is 1. The highest BCUT2D eigenvalue weighted by Gasteiger charge is 2.28. The van der Waals surface area contributed by atoms with Crippen LogP contribution in [0.4, 0.5) is 0 Å². The van der Waals surface area contributed by atoms with E-state index in [4.69, 9.17) is 16.3 Å². The van der Waals surface area contributed by atoms with Crippen molar-refractivity contribution >= 4 is 34.2 Å². The molecule has 0 saturated heterocycles. The number of hydrogen-bond acceptors (Lipinski definition) is 3. The number of hydrogen-bond donors (Lipinski definition) is 1. The maximum absolute atomic E-state index is 13.3. The minimum absolute atomic E-state index is 0.130. The van der Waals surface area contributed by atoms with Crippen LogP contribution in [0.3, 0.4) is 0 Å². The number of carbonyl (C=O) groups excluding carboxylic acids is 2. The van der Waals surface area contributed by atoms with Gasteiger partial charge in [-0.15, -0.1) is 0 Å². The van der Waals surface area contributed by atoms with Crippen molar-refractivity contribution in [2.45, 2.75) is 51.2 Å². The topological polar surface area (TPSA) is 58.6 Å². The Balaban J connectivity index is 1.50. The first-order valence-electron chi connectivity index (χ1n) is 11.5.